The summed E-state index contributed by atoms with van der Waals surface area (Å²) in [5, 5.41) is 6.84. The summed E-state index contributed by atoms with van der Waals surface area (Å²) in [4.78, 5) is 23.6. The van der Waals surface area contributed by atoms with Gasteiger partial charge in [-0.2, -0.15) is 5.10 Å². The molecule has 0 bridgehead atoms. The van der Waals surface area contributed by atoms with E-state index < -0.39 is 11.8 Å². The lowest BCUT2D eigenvalue weighted by molar-refractivity contribution is -0.136. The fourth-order valence-electron chi connectivity index (χ4n) is 1.92. The van der Waals surface area contributed by atoms with Gasteiger partial charge in [0.15, 0.2) is 0 Å². The molecule has 0 aromatic heterocycles. The van der Waals surface area contributed by atoms with Crippen LogP contribution in [0.25, 0.3) is 0 Å². The summed E-state index contributed by atoms with van der Waals surface area (Å²) in [6.45, 7) is 2.74. The number of hydrazone groups is 1. The molecule has 0 heterocycles. The largest absolute Gasteiger partial charge is 0.494 e. The molecule has 0 atom stereocenters. The van der Waals surface area contributed by atoms with E-state index in [0.29, 0.717) is 23.1 Å². The van der Waals surface area contributed by atoms with Gasteiger partial charge in [0.05, 0.1) is 12.8 Å². The lowest BCUT2D eigenvalue weighted by Gasteiger charge is -2.07. The number of carbonyl (C=O) groups excluding carboxylic acids is 2. The second-order valence-electron chi connectivity index (χ2n) is 5.43. The minimum absolute atomic E-state index is 0.495. The average molecular weight is 374 g/mol. The molecule has 0 spiro atoms. The smallest absolute Gasteiger partial charge is 0.329 e. The van der Waals surface area contributed by atoms with Gasteiger partial charge in [-0.25, -0.2) is 5.43 Å². The molecular weight excluding hydrogens is 354 g/mol. The van der Waals surface area contributed by atoms with Gasteiger partial charge in [-0.1, -0.05) is 37.1 Å². The first-order valence-corrected chi connectivity index (χ1v) is 8.59. The maximum atomic E-state index is 11.8. The SMILES string of the molecule is CCCCOc1ccc(NC(=O)C(=O)N/N=C\c2ccc(Cl)cc2)cc1. The summed E-state index contributed by atoms with van der Waals surface area (Å²) in [7, 11) is 0. The van der Waals surface area contributed by atoms with Crippen molar-refractivity contribution >= 4 is 35.3 Å². The number of ether oxygens (including phenoxy) is 1. The molecule has 0 fully saturated rings. The number of anilines is 1. The van der Waals surface area contributed by atoms with Crippen molar-refractivity contribution in [2.75, 3.05) is 11.9 Å². The third-order valence-electron chi connectivity index (χ3n) is 3.33. The summed E-state index contributed by atoms with van der Waals surface area (Å²) < 4.78 is 5.54. The van der Waals surface area contributed by atoms with E-state index in [0.717, 1.165) is 18.4 Å². The van der Waals surface area contributed by atoms with Crippen LogP contribution >= 0.6 is 11.6 Å². The monoisotopic (exact) mass is 373 g/mol. The van der Waals surface area contributed by atoms with E-state index in [-0.39, 0.29) is 0 Å². The molecule has 2 aromatic rings. The first kappa shape index (κ1) is 19.5. The highest BCUT2D eigenvalue weighted by Gasteiger charge is 2.12. The number of nitrogens with one attached hydrogen (secondary N) is 2. The van der Waals surface area contributed by atoms with Crippen molar-refractivity contribution in [3.05, 3.63) is 59.1 Å². The number of amides is 2. The molecule has 26 heavy (non-hydrogen) atoms. The number of hydrogen-bond donors (Lipinski definition) is 2. The van der Waals surface area contributed by atoms with Crippen molar-refractivity contribution < 1.29 is 14.3 Å². The quantitative estimate of drug-likeness (QED) is 0.337. The number of carbonyl (C=O) groups is 2. The van der Waals surface area contributed by atoms with Gasteiger partial charge in [-0.05, 0) is 48.4 Å². The highest BCUT2D eigenvalue weighted by molar-refractivity contribution is 6.39. The van der Waals surface area contributed by atoms with Crippen LogP contribution in [0.3, 0.4) is 0 Å². The number of hydrogen-bond acceptors (Lipinski definition) is 4. The van der Waals surface area contributed by atoms with Gasteiger partial charge in [0.2, 0.25) is 0 Å². The molecule has 0 aliphatic carbocycles. The Balaban J connectivity index is 1.80. The van der Waals surface area contributed by atoms with Gasteiger partial charge in [-0.3, -0.25) is 9.59 Å². The van der Waals surface area contributed by atoms with Crippen molar-refractivity contribution in [1.29, 1.82) is 0 Å². The number of rotatable bonds is 7. The number of halogens is 1. The van der Waals surface area contributed by atoms with Crippen LogP contribution in [0.2, 0.25) is 5.02 Å². The molecule has 2 aromatic carbocycles. The number of unbranched alkanes of at least 4 members (excludes halogenated alkanes) is 1. The Morgan fingerprint density at radius 3 is 2.42 bits per heavy atom. The highest BCUT2D eigenvalue weighted by Crippen LogP contribution is 2.16. The van der Waals surface area contributed by atoms with Crippen LogP contribution in [0, 0.1) is 0 Å². The van der Waals surface area contributed by atoms with Crippen molar-refractivity contribution in [1.82, 2.24) is 5.43 Å². The topological polar surface area (TPSA) is 79.8 Å². The Hall–Kier alpha value is -2.86. The first-order chi connectivity index (χ1) is 12.6. The number of nitrogens with zero attached hydrogens (tertiary/aromatic N) is 1. The fraction of sp³-hybridized carbons (Fsp3) is 0.211. The van der Waals surface area contributed by atoms with Crippen molar-refractivity contribution in [2.24, 2.45) is 5.10 Å². The highest BCUT2D eigenvalue weighted by atomic mass is 35.5. The fourth-order valence-corrected chi connectivity index (χ4v) is 2.05. The number of benzene rings is 2. The van der Waals surface area contributed by atoms with E-state index in [1.807, 2.05) is 0 Å². The van der Waals surface area contributed by atoms with Crippen LogP contribution in [0.15, 0.2) is 53.6 Å². The van der Waals surface area contributed by atoms with Crippen LogP contribution in [0.4, 0.5) is 5.69 Å². The first-order valence-electron chi connectivity index (χ1n) is 8.21. The predicted molar refractivity (Wildman–Crippen MR) is 103 cm³/mol. The lowest BCUT2D eigenvalue weighted by atomic mass is 10.2. The molecule has 2 rings (SSSR count). The average Bonchev–Trinajstić information content (AvgIpc) is 2.65. The van der Waals surface area contributed by atoms with E-state index in [9.17, 15) is 9.59 Å². The van der Waals surface area contributed by atoms with Crippen molar-refractivity contribution in [3.8, 4) is 5.75 Å². The molecule has 2 N–H and O–H groups in total. The summed E-state index contributed by atoms with van der Waals surface area (Å²) in [6, 6.07) is 13.7. The second kappa shape index (κ2) is 10.2. The molecule has 136 valence electrons. The molecule has 0 saturated heterocycles. The Morgan fingerprint density at radius 1 is 1.08 bits per heavy atom. The van der Waals surface area contributed by atoms with E-state index in [1.165, 1.54) is 6.21 Å². The zero-order valence-corrected chi connectivity index (χ0v) is 15.1. The van der Waals surface area contributed by atoms with E-state index in [4.69, 9.17) is 16.3 Å². The second-order valence-corrected chi connectivity index (χ2v) is 5.87. The standard InChI is InChI=1S/C19H20ClN3O3/c1-2-3-12-26-17-10-8-16(9-11-17)22-18(24)19(25)23-21-13-14-4-6-15(20)7-5-14/h4-11,13H,2-3,12H2,1H3,(H,22,24)(H,23,25)/b21-13-. The molecule has 0 unspecified atom stereocenters. The third kappa shape index (κ3) is 6.57. The summed E-state index contributed by atoms with van der Waals surface area (Å²) >= 11 is 5.78. The Labute approximate surface area is 157 Å². The molecule has 7 heteroatoms. The van der Waals surface area contributed by atoms with E-state index in [2.05, 4.69) is 22.8 Å². The summed E-state index contributed by atoms with van der Waals surface area (Å²) in [5.74, 6) is -0.954. The third-order valence-corrected chi connectivity index (χ3v) is 3.59. The van der Waals surface area contributed by atoms with Crippen LogP contribution in [-0.4, -0.2) is 24.6 Å². The van der Waals surface area contributed by atoms with Gasteiger partial charge >= 0.3 is 11.8 Å². The minimum Gasteiger partial charge on any atom is -0.494 e. The van der Waals surface area contributed by atoms with Crippen molar-refractivity contribution in [3.63, 3.8) is 0 Å². The van der Waals surface area contributed by atoms with Crippen LogP contribution in [0.1, 0.15) is 25.3 Å². The van der Waals surface area contributed by atoms with Crippen molar-refractivity contribution in [2.45, 2.75) is 19.8 Å². The normalized spacial score (nSPS) is 10.5. The van der Waals surface area contributed by atoms with E-state index in [1.54, 1.807) is 48.5 Å². The van der Waals surface area contributed by atoms with Gasteiger partial charge in [0.1, 0.15) is 5.75 Å². The van der Waals surface area contributed by atoms with Gasteiger partial charge in [0.25, 0.3) is 0 Å². The minimum atomic E-state index is -0.863. The van der Waals surface area contributed by atoms with Crippen LogP contribution < -0.4 is 15.5 Å². The summed E-state index contributed by atoms with van der Waals surface area (Å²) in [6.07, 6.45) is 3.46. The Morgan fingerprint density at radius 2 is 1.77 bits per heavy atom. The van der Waals surface area contributed by atoms with Crippen LogP contribution in [0.5, 0.6) is 5.75 Å². The van der Waals surface area contributed by atoms with Gasteiger partial charge in [0, 0.05) is 10.7 Å². The zero-order chi connectivity index (χ0) is 18.8. The Kier molecular flexibility index (Phi) is 7.64. The molecule has 6 nitrogen and oxygen atoms in total. The molecule has 0 aliphatic rings. The van der Waals surface area contributed by atoms with E-state index >= 15 is 0 Å². The zero-order valence-electron chi connectivity index (χ0n) is 14.4. The molecule has 2 amide bonds. The molecule has 0 saturated carbocycles. The van der Waals surface area contributed by atoms with Gasteiger partial charge in [-0.15, -0.1) is 0 Å². The summed E-state index contributed by atoms with van der Waals surface area (Å²) in [5.41, 5.74) is 3.41. The maximum Gasteiger partial charge on any atom is 0.329 e. The predicted octanol–water partition coefficient (Wildman–Crippen LogP) is 3.61. The van der Waals surface area contributed by atoms with Gasteiger partial charge < -0.3 is 10.1 Å². The molecule has 0 radical (unpaired) electrons. The lowest BCUT2D eigenvalue weighted by Crippen LogP contribution is -2.32. The Bertz CT molecular complexity index is 759. The maximum absolute atomic E-state index is 11.8. The van der Waals surface area contributed by atoms with Crippen LogP contribution in [-0.2, 0) is 9.59 Å². The molecular formula is C19H20ClN3O3. The molecule has 0 aliphatic heterocycles.